The zero-order valence-corrected chi connectivity index (χ0v) is 14.0. The topological polar surface area (TPSA) is 45.2 Å². The Labute approximate surface area is 134 Å². The summed E-state index contributed by atoms with van der Waals surface area (Å²) in [5.74, 6) is 1.55. The lowest BCUT2D eigenvalue weighted by Gasteiger charge is -2.32. The van der Waals surface area contributed by atoms with Gasteiger partial charge in [0.05, 0.1) is 5.56 Å². The highest BCUT2D eigenvalue weighted by atomic mass is 79.9. The molecule has 0 aromatic carbocycles. The number of carbonyl (C=O) groups excluding carboxylic acids is 1. The molecular formula is C16H22BrN3O. The highest BCUT2D eigenvalue weighted by Gasteiger charge is 2.39. The number of nitrogens with one attached hydrogen (secondary N) is 1. The van der Waals surface area contributed by atoms with Crippen LogP contribution < -0.4 is 5.32 Å². The third kappa shape index (κ3) is 2.93. The van der Waals surface area contributed by atoms with Gasteiger partial charge in [0.25, 0.3) is 5.91 Å². The third-order valence-corrected chi connectivity index (χ3v) is 5.13. The van der Waals surface area contributed by atoms with Gasteiger partial charge in [-0.15, -0.1) is 0 Å². The largest absolute Gasteiger partial charge is 0.370 e. The van der Waals surface area contributed by atoms with Gasteiger partial charge >= 0.3 is 0 Å². The molecule has 4 nitrogen and oxygen atoms in total. The molecule has 2 atom stereocenters. The van der Waals surface area contributed by atoms with Gasteiger partial charge in [-0.2, -0.15) is 0 Å². The number of hydrogen-bond acceptors (Lipinski definition) is 3. The monoisotopic (exact) mass is 351 g/mol. The standard InChI is InChI=1S/C16H22BrN3O/c1-2-18-15-13(9-12(17)10-19-15)16(21)20-8-7-11-5-3-4-6-14(11)20/h9-11,14H,2-8H2,1H3,(H,18,19). The van der Waals surface area contributed by atoms with Crippen LogP contribution in [-0.4, -0.2) is 34.9 Å². The van der Waals surface area contributed by atoms with Crippen molar-refractivity contribution in [2.75, 3.05) is 18.4 Å². The van der Waals surface area contributed by atoms with E-state index in [1.165, 1.54) is 19.3 Å². The van der Waals surface area contributed by atoms with Gasteiger partial charge in [0.1, 0.15) is 5.82 Å². The summed E-state index contributed by atoms with van der Waals surface area (Å²) >= 11 is 3.43. The van der Waals surface area contributed by atoms with Crippen LogP contribution in [0.2, 0.25) is 0 Å². The number of amides is 1. The minimum Gasteiger partial charge on any atom is -0.370 e. The van der Waals surface area contributed by atoms with Crippen molar-refractivity contribution >= 4 is 27.7 Å². The van der Waals surface area contributed by atoms with Gasteiger partial charge in [-0.05, 0) is 54.1 Å². The van der Waals surface area contributed by atoms with E-state index in [4.69, 9.17) is 0 Å². The van der Waals surface area contributed by atoms with Gasteiger partial charge in [0.2, 0.25) is 0 Å². The molecule has 1 aliphatic heterocycles. The first kappa shape index (κ1) is 14.8. The van der Waals surface area contributed by atoms with Crippen LogP contribution in [0, 0.1) is 5.92 Å². The molecule has 0 bridgehead atoms. The molecule has 1 amide bonds. The van der Waals surface area contributed by atoms with Gasteiger partial charge in [-0.25, -0.2) is 4.98 Å². The number of likely N-dealkylation sites (tertiary alicyclic amines) is 1. The number of nitrogens with zero attached hydrogens (tertiary/aromatic N) is 2. The van der Waals surface area contributed by atoms with Crippen molar-refractivity contribution in [3.8, 4) is 0 Å². The molecule has 2 unspecified atom stereocenters. The molecule has 1 aromatic rings. The van der Waals surface area contributed by atoms with E-state index in [1.54, 1.807) is 6.20 Å². The SMILES string of the molecule is CCNc1ncc(Br)cc1C(=O)N1CCC2CCCCC21. The Balaban J connectivity index is 1.86. The summed E-state index contributed by atoms with van der Waals surface area (Å²) in [7, 11) is 0. The van der Waals surface area contributed by atoms with Crippen LogP contribution >= 0.6 is 15.9 Å². The van der Waals surface area contributed by atoms with Crippen molar-refractivity contribution in [1.29, 1.82) is 0 Å². The van der Waals surface area contributed by atoms with Crippen LogP contribution in [-0.2, 0) is 0 Å². The summed E-state index contributed by atoms with van der Waals surface area (Å²) in [6, 6.07) is 2.34. The van der Waals surface area contributed by atoms with Crippen molar-refractivity contribution < 1.29 is 4.79 Å². The smallest absolute Gasteiger partial charge is 0.257 e. The zero-order chi connectivity index (χ0) is 14.8. The van der Waals surface area contributed by atoms with Gasteiger partial charge in [0, 0.05) is 29.8 Å². The van der Waals surface area contributed by atoms with Crippen LogP contribution in [0.5, 0.6) is 0 Å². The first-order chi connectivity index (χ1) is 10.2. The molecule has 2 heterocycles. The fraction of sp³-hybridized carbons (Fsp3) is 0.625. The summed E-state index contributed by atoms with van der Waals surface area (Å²) in [6.45, 7) is 3.68. The lowest BCUT2D eigenvalue weighted by Crippen LogP contribution is -2.39. The van der Waals surface area contributed by atoms with Crippen LogP contribution in [0.1, 0.15) is 49.4 Å². The number of hydrogen-bond donors (Lipinski definition) is 1. The second-order valence-corrected chi connectivity index (χ2v) is 6.89. The van der Waals surface area contributed by atoms with E-state index in [1.807, 2.05) is 13.0 Å². The Morgan fingerprint density at radius 3 is 3.05 bits per heavy atom. The van der Waals surface area contributed by atoms with Crippen LogP contribution in [0.3, 0.4) is 0 Å². The van der Waals surface area contributed by atoms with E-state index in [0.717, 1.165) is 30.4 Å². The molecule has 0 spiro atoms. The number of pyridine rings is 1. The van der Waals surface area contributed by atoms with E-state index in [2.05, 4.69) is 31.1 Å². The molecule has 1 saturated carbocycles. The summed E-state index contributed by atoms with van der Waals surface area (Å²) in [5.41, 5.74) is 0.692. The third-order valence-electron chi connectivity index (χ3n) is 4.70. The van der Waals surface area contributed by atoms with E-state index >= 15 is 0 Å². The van der Waals surface area contributed by atoms with E-state index in [0.29, 0.717) is 23.3 Å². The summed E-state index contributed by atoms with van der Waals surface area (Å²) in [4.78, 5) is 19.4. The number of rotatable bonds is 3. The van der Waals surface area contributed by atoms with Crippen molar-refractivity contribution in [3.05, 3.63) is 22.3 Å². The number of carbonyl (C=O) groups is 1. The maximum Gasteiger partial charge on any atom is 0.257 e. The minimum absolute atomic E-state index is 0.133. The molecule has 5 heteroatoms. The summed E-state index contributed by atoms with van der Waals surface area (Å²) < 4.78 is 0.854. The van der Waals surface area contributed by atoms with E-state index in [-0.39, 0.29) is 5.91 Å². The predicted octanol–water partition coefficient (Wildman–Crippen LogP) is 3.68. The molecule has 2 aliphatic rings. The molecule has 1 N–H and O–H groups in total. The van der Waals surface area contributed by atoms with Gasteiger partial charge in [-0.1, -0.05) is 12.8 Å². The Hall–Kier alpha value is -1.10. The Bertz CT molecular complexity index is 534. The first-order valence-corrected chi connectivity index (χ1v) is 8.70. The highest BCUT2D eigenvalue weighted by Crippen LogP contribution is 2.37. The molecule has 1 saturated heterocycles. The van der Waals surface area contributed by atoms with Gasteiger partial charge in [-0.3, -0.25) is 4.79 Å². The van der Waals surface area contributed by atoms with Crippen molar-refractivity contribution in [1.82, 2.24) is 9.88 Å². The molecule has 2 fully saturated rings. The molecular weight excluding hydrogens is 330 g/mol. The van der Waals surface area contributed by atoms with Crippen molar-refractivity contribution in [2.24, 2.45) is 5.92 Å². The molecule has 21 heavy (non-hydrogen) atoms. The van der Waals surface area contributed by atoms with Crippen LogP contribution in [0.4, 0.5) is 5.82 Å². The number of aromatic nitrogens is 1. The fourth-order valence-corrected chi connectivity index (χ4v) is 4.05. The van der Waals surface area contributed by atoms with Crippen LogP contribution in [0.15, 0.2) is 16.7 Å². The van der Waals surface area contributed by atoms with E-state index < -0.39 is 0 Å². The number of anilines is 1. The minimum atomic E-state index is 0.133. The van der Waals surface area contributed by atoms with Gasteiger partial charge < -0.3 is 10.2 Å². The normalized spacial score (nSPS) is 24.8. The zero-order valence-electron chi connectivity index (χ0n) is 12.4. The lowest BCUT2D eigenvalue weighted by atomic mass is 9.85. The Kier molecular flexibility index (Phi) is 4.48. The van der Waals surface area contributed by atoms with Crippen molar-refractivity contribution in [3.63, 3.8) is 0 Å². The quantitative estimate of drug-likeness (QED) is 0.903. The fourth-order valence-electron chi connectivity index (χ4n) is 3.72. The number of fused-ring (bicyclic) bond motifs is 1. The molecule has 3 rings (SSSR count). The average molecular weight is 352 g/mol. The molecule has 1 aromatic heterocycles. The average Bonchev–Trinajstić information content (AvgIpc) is 2.92. The predicted molar refractivity (Wildman–Crippen MR) is 87.5 cm³/mol. The Morgan fingerprint density at radius 1 is 1.43 bits per heavy atom. The molecule has 0 radical (unpaired) electrons. The Morgan fingerprint density at radius 2 is 2.24 bits per heavy atom. The second-order valence-electron chi connectivity index (χ2n) is 5.98. The second kappa shape index (κ2) is 6.34. The van der Waals surface area contributed by atoms with E-state index in [9.17, 15) is 4.79 Å². The lowest BCUT2D eigenvalue weighted by molar-refractivity contribution is 0.0690. The van der Waals surface area contributed by atoms with Gasteiger partial charge in [0.15, 0.2) is 0 Å². The highest BCUT2D eigenvalue weighted by molar-refractivity contribution is 9.10. The maximum absolute atomic E-state index is 13.0. The summed E-state index contributed by atoms with van der Waals surface area (Å²) in [6.07, 6.45) is 7.92. The molecule has 114 valence electrons. The first-order valence-electron chi connectivity index (χ1n) is 7.91. The van der Waals surface area contributed by atoms with Crippen molar-refractivity contribution in [2.45, 2.75) is 45.1 Å². The van der Waals surface area contributed by atoms with Crippen LogP contribution in [0.25, 0.3) is 0 Å². The molecule has 1 aliphatic carbocycles. The maximum atomic E-state index is 13.0. The number of halogens is 1. The summed E-state index contributed by atoms with van der Waals surface area (Å²) in [5, 5.41) is 3.20.